The fourth-order valence-electron chi connectivity index (χ4n) is 8.04. The third-order valence-electron chi connectivity index (χ3n) is 10.2. The largest absolute Gasteiger partial charge is 0.309 e. The molecule has 0 saturated carbocycles. The van der Waals surface area contributed by atoms with Crippen molar-refractivity contribution in [1.82, 2.24) is 4.57 Å². The molecule has 3 heterocycles. The zero-order valence-electron chi connectivity index (χ0n) is 26.9. The van der Waals surface area contributed by atoms with E-state index in [1.165, 1.54) is 84.3 Å². The molecule has 0 fully saturated rings. The van der Waals surface area contributed by atoms with E-state index in [0.29, 0.717) is 0 Å². The van der Waals surface area contributed by atoms with Gasteiger partial charge in [0, 0.05) is 57.8 Å². The number of thiophene rings is 2. The summed E-state index contributed by atoms with van der Waals surface area (Å²) in [4.78, 5) is 2.51. The number of nitrogens with zero attached hydrogens (tertiary/aromatic N) is 2. The molecule has 0 atom stereocenters. The minimum atomic E-state index is 1.14. The van der Waals surface area contributed by atoms with E-state index in [9.17, 15) is 0 Å². The minimum Gasteiger partial charge on any atom is -0.309 e. The molecule has 50 heavy (non-hydrogen) atoms. The van der Waals surface area contributed by atoms with Crippen molar-refractivity contribution in [2.75, 3.05) is 4.90 Å². The van der Waals surface area contributed by atoms with Crippen molar-refractivity contribution >= 4 is 113 Å². The third kappa shape index (κ3) is 4.01. The summed E-state index contributed by atoms with van der Waals surface area (Å²) in [6, 6.07) is 62.4. The van der Waals surface area contributed by atoms with Crippen LogP contribution in [-0.4, -0.2) is 4.57 Å². The Balaban J connectivity index is 1.25. The lowest BCUT2D eigenvalue weighted by Crippen LogP contribution is -2.10. The Bertz CT molecular complexity index is 3110. The highest BCUT2D eigenvalue weighted by molar-refractivity contribution is 7.26. The van der Waals surface area contributed by atoms with Crippen molar-refractivity contribution in [3.05, 3.63) is 170 Å². The summed E-state index contributed by atoms with van der Waals surface area (Å²) in [6.07, 6.45) is 0. The summed E-state index contributed by atoms with van der Waals surface area (Å²) in [6.45, 7) is 0. The van der Waals surface area contributed by atoms with Crippen LogP contribution in [0.15, 0.2) is 170 Å². The van der Waals surface area contributed by atoms with Gasteiger partial charge in [0.15, 0.2) is 0 Å². The molecule has 0 aliphatic carbocycles. The highest BCUT2D eigenvalue weighted by Gasteiger charge is 2.23. The molecule has 8 aromatic carbocycles. The maximum atomic E-state index is 2.51. The van der Waals surface area contributed by atoms with Crippen molar-refractivity contribution in [2.24, 2.45) is 0 Å². The molecule has 0 N–H and O–H groups in total. The van der Waals surface area contributed by atoms with E-state index in [4.69, 9.17) is 0 Å². The molecular formula is C46H28N2S2. The van der Waals surface area contributed by atoms with Gasteiger partial charge in [-0.05, 0) is 77.5 Å². The van der Waals surface area contributed by atoms with E-state index in [0.717, 1.165) is 11.4 Å². The van der Waals surface area contributed by atoms with Crippen LogP contribution in [0, 0.1) is 0 Å². The van der Waals surface area contributed by atoms with Gasteiger partial charge in [-0.25, -0.2) is 0 Å². The molecule has 11 aromatic rings. The van der Waals surface area contributed by atoms with Crippen molar-refractivity contribution in [2.45, 2.75) is 0 Å². The average Bonchev–Trinajstić information content (AvgIpc) is 3.86. The summed E-state index contributed by atoms with van der Waals surface area (Å²) >= 11 is 3.76. The van der Waals surface area contributed by atoms with Crippen molar-refractivity contribution in [3.8, 4) is 5.69 Å². The third-order valence-corrected chi connectivity index (χ3v) is 12.5. The molecule has 0 unspecified atom stereocenters. The number of fused-ring (bicyclic) bond motifs is 11. The fraction of sp³-hybridized carbons (Fsp3) is 0. The minimum absolute atomic E-state index is 1.14. The first kappa shape index (κ1) is 28.0. The number of para-hydroxylation sites is 2. The van der Waals surface area contributed by atoms with Crippen LogP contribution in [0.5, 0.6) is 0 Å². The van der Waals surface area contributed by atoms with E-state index >= 15 is 0 Å². The second kappa shape index (κ2) is 10.8. The molecule has 0 bridgehead atoms. The number of rotatable bonds is 4. The lowest BCUT2D eigenvalue weighted by molar-refractivity contribution is 1.18. The average molecular weight is 673 g/mol. The van der Waals surface area contributed by atoms with Gasteiger partial charge < -0.3 is 9.47 Å². The highest BCUT2D eigenvalue weighted by Crippen LogP contribution is 2.49. The molecule has 234 valence electrons. The summed E-state index contributed by atoms with van der Waals surface area (Å²) in [7, 11) is 0. The van der Waals surface area contributed by atoms with Crippen LogP contribution in [0.4, 0.5) is 17.1 Å². The predicted molar refractivity (Wildman–Crippen MR) is 219 cm³/mol. The summed E-state index contributed by atoms with van der Waals surface area (Å²) in [5.41, 5.74) is 7.05. The van der Waals surface area contributed by atoms with Crippen molar-refractivity contribution in [3.63, 3.8) is 0 Å². The number of benzene rings is 8. The topological polar surface area (TPSA) is 8.17 Å². The summed E-state index contributed by atoms with van der Waals surface area (Å²) in [5.74, 6) is 0. The Kier molecular flexibility index (Phi) is 6.03. The molecule has 0 saturated heterocycles. The lowest BCUT2D eigenvalue weighted by atomic mass is 10.0. The molecule has 0 aliphatic heterocycles. The van der Waals surface area contributed by atoms with Crippen molar-refractivity contribution < 1.29 is 0 Å². The Morgan fingerprint density at radius 3 is 1.96 bits per heavy atom. The van der Waals surface area contributed by atoms with E-state index in [2.05, 4.69) is 179 Å². The SMILES string of the molecule is c1ccc(-n2c3ccccc3c3c(N(c4ccc5c(ccc6sc7ccccc7c65)c4)c4cccc5c4sc4ccccc45)cccc32)cc1. The van der Waals surface area contributed by atoms with Gasteiger partial charge in [0.05, 0.1) is 27.1 Å². The predicted octanol–water partition coefficient (Wildman–Crippen LogP) is 14.1. The van der Waals surface area contributed by atoms with Gasteiger partial charge >= 0.3 is 0 Å². The smallest absolute Gasteiger partial charge is 0.0640 e. The lowest BCUT2D eigenvalue weighted by Gasteiger charge is -2.27. The number of anilines is 3. The van der Waals surface area contributed by atoms with Gasteiger partial charge in [0.2, 0.25) is 0 Å². The molecule has 0 spiro atoms. The van der Waals surface area contributed by atoms with E-state index in [1.54, 1.807) is 0 Å². The Morgan fingerprint density at radius 1 is 0.400 bits per heavy atom. The molecule has 4 heteroatoms. The maximum absolute atomic E-state index is 2.51. The molecule has 3 aromatic heterocycles. The van der Waals surface area contributed by atoms with Crippen LogP contribution in [0.1, 0.15) is 0 Å². The molecule has 0 aliphatic rings. The normalized spacial score (nSPS) is 12.0. The number of aromatic nitrogens is 1. The molecule has 0 radical (unpaired) electrons. The van der Waals surface area contributed by atoms with Crippen LogP contribution < -0.4 is 4.90 Å². The Morgan fingerprint density at radius 2 is 1.08 bits per heavy atom. The van der Waals surface area contributed by atoms with Crippen LogP contribution in [0.25, 0.3) is 78.6 Å². The number of hydrogen-bond donors (Lipinski definition) is 0. The van der Waals surface area contributed by atoms with E-state index in [-0.39, 0.29) is 0 Å². The Labute approximate surface area is 296 Å². The quantitative estimate of drug-likeness (QED) is 0.181. The van der Waals surface area contributed by atoms with Gasteiger partial charge in [-0.15, -0.1) is 22.7 Å². The van der Waals surface area contributed by atoms with Gasteiger partial charge in [0.1, 0.15) is 0 Å². The van der Waals surface area contributed by atoms with Gasteiger partial charge in [-0.1, -0.05) is 103 Å². The van der Waals surface area contributed by atoms with Crippen LogP contribution in [0.2, 0.25) is 0 Å². The summed E-state index contributed by atoms with van der Waals surface area (Å²) in [5, 5.41) is 10.3. The Hall–Kier alpha value is -5.94. The van der Waals surface area contributed by atoms with Crippen LogP contribution in [-0.2, 0) is 0 Å². The zero-order chi connectivity index (χ0) is 32.8. The van der Waals surface area contributed by atoms with Crippen LogP contribution >= 0.6 is 22.7 Å². The second-order valence-electron chi connectivity index (χ2n) is 12.9. The number of hydrogen-bond acceptors (Lipinski definition) is 3. The summed E-state index contributed by atoms with van der Waals surface area (Å²) < 4.78 is 7.66. The van der Waals surface area contributed by atoms with E-state index < -0.39 is 0 Å². The first-order valence-electron chi connectivity index (χ1n) is 16.9. The molecule has 0 amide bonds. The van der Waals surface area contributed by atoms with Crippen molar-refractivity contribution in [1.29, 1.82) is 0 Å². The van der Waals surface area contributed by atoms with Gasteiger partial charge in [-0.3, -0.25) is 0 Å². The molecular weight excluding hydrogens is 645 g/mol. The standard InChI is InChI=1S/C46H28N2S2/c1-2-12-30(13-3-1)47-37-18-7-4-15-35(37)45-38(47)19-11-20-39(45)48(40-21-10-17-34-33-14-5-8-22-41(33)50-46(34)40)31-25-26-32-29(28-31)24-27-43-44(32)36-16-6-9-23-42(36)49-43/h1-28H. The first-order valence-corrected chi connectivity index (χ1v) is 18.6. The van der Waals surface area contributed by atoms with Gasteiger partial charge in [0.25, 0.3) is 0 Å². The molecule has 11 rings (SSSR count). The second-order valence-corrected chi connectivity index (χ2v) is 15.0. The maximum Gasteiger partial charge on any atom is 0.0640 e. The highest BCUT2D eigenvalue weighted by atomic mass is 32.1. The zero-order valence-corrected chi connectivity index (χ0v) is 28.5. The monoisotopic (exact) mass is 672 g/mol. The van der Waals surface area contributed by atoms with Crippen LogP contribution in [0.3, 0.4) is 0 Å². The fourth-order valence-corrected chi connectivity index (χ4v) is 10.4. The van der Waals surface area contributed by atoms with Gasteiger partial charge in [-0.2, -0.15) is 0 Å². The first-order chi connectivity index (χ1) is 24.8. The van der Waals surface area contributed by atoms with E-state index in [1.807, 2.05) is 22.7 Å². The molecule has 2 nitrogen and oxygen atoms in total.